The van der Waals surface area contributed by atoms with Crippen molar-refractivity contribution in [2.75, 3.05) is 20.5 Å². The first-order valence-electron chi connectivity index (χ1n) is 12.5. The highest BCUT2D eigenvalue weighted by Crippen LogP contribution is 2.43. The van der Waals surface area contributed by atoms with Gasteiger partial charge in [0, 0.05) is 12.5 Å². The number of ether oxygens (including phenoxy) is 4. The Labute approximate surface area is 211 Å². The maximum absolute atomic E-state index is 7.16. The first kappa shape index (κ1) is 26.3. The van der Waals surface area contributed by atoms with Crippen molar-refractivity contribution in [2.24, 2.45) is 5.41 Å². The molecule has 0 spiro atoms. The van der Waals surface area contributed by atoms with E-state index in [1.165, 1.54) is 10.4 Å². The van der Waals surface area contributed by atoms with Crippen LogP contribution in [0.2, 0.25) is 5.04 Å². The lowest BCUT2D eigenvalue weighted by molar-refractivity contribution is -0.322. The average Bonchev–Trinajstić information content (AvgIpc) is 2.84. The van der Waals surface area contributed by atoms with Gasteiger partial charge in [-0.2, -0.15) is 0 Å². The van der Waals surface area contributed by atoms with Crippen LogP contribution in [0, 0.1) is 5.41 Å². The molecule has 5 nitrogen and oxygen atoms in total. The van der Waals surface area contributed by atoms with Crippen molar-refractivity contribution in [3.8, 4) is 0 Å². The summed E-state index contributed by atoms with van der Waals surface area (Å²) in [6.07, 6.45) is 0.678. The maximum atomic E-state index is 7.16. The molecule has 0 bridgehead atoms. The quantitative estimate of drug-likeness (QED) is 0.423. The van der Waals surface area contributed by atoms with Crippen LogP contribution in [0.1, 0.15) is 34.6 Å². The number of rotatable bonds is 7. The molecule has 2 aliphatic rings. The van der Waals surface area contributed by atoms with Gasteiger partial charge in [-0.15, -0.1) is 6.58 Å². The minimum atomic E-state index is -2.70. The van der Waals surface area contributed by atoms with Gasteiger partial charge in [0.25, 0.3) is 8.32 Å². The summed E-state index contributed by atoms with van der Waals surface area (Å²) in [5.74, 6) is 0. The first-order chi connectivity index (χ1) is 16.7. The smallest absolute Gasteiger partial charge is 0.261 e. The number of hydrogen-bond acceptors (Lipinski definition) is 5. The molecule has 0 N–H and O–H groups in total. The summed E-state index contributed by atoms with van der Waals surface area (Å²) in [6.45, 7) is 15.7. The van der Waals surface area contributed by atoms with E-state index in [1.807, 2.05) is 6.08 Å². The minimum Gasteiger partial charge on any atom is -0.405 e. The fourth-order valence-corrected chi connectivity index (χ4v) is 10.4. The highest BCUT2D eigenvalue weighted by atomic mass is 28.4. The first-order valence-corrected chi connectivity index (χ1v) is 14.4. The third kappa shape index (κ3) is 4.68. The minimum absolute atomic E-state index is 0.117. The second kappa shape index (κ2) is 10.3. The van der Waals surface area contributed by atoms with Crippen LogP contribution in [0.4, 0.5) is 0 Å². The molecule has 0 radical (unpaired) electrons. The zero-order valence-corrected chi connectivity index (χ0v) is 22.9. The van der Waals surface area contributed by atoms with Gasteiger partial charge in [-0.25, -0.2) is 0 Å². The Morgan fingerprint density at radius 1 is 0.971 bits per heavy atom. The maximum Gasteiger partial charge on any atom is 0.261 e. The fourth-order valence-electron chi connectivity index (χ4n) is 5.87. The molecule has 2 saturated heterocycles. The molecule has 2 heterocycles. The Balaban J connectivity index is 1.70. The second-order valence-electron chi connectivity index (χ2n) is 11.2. The number of methoxy groups -OCH3 is 1. The van der Waals surface area contributed by atoms with Crippen LogP contribution in [0.15, 0.2) is 73.3 Å². The Kier molecular flexibility index (Phi) is 7.72. The van der Waals surface area contributed by atoms with Gasteiger partial charge in [-0.05, 0) is 15.4 Å². The average molecular weight is 497 g/mol. The number of benzene rings is 2. The van der Waals surface area contributed by atoms with E-state index in [0.717, 1.165) is 0 Å². The highest BCUT2D eigenvalue weighted by molar-refractivity contribution is 6.99. The zero-order chi connectivity index (χ0) is 25.3. The molecule has 0 saturated carbocycles. The van der Waals surface area contributed by atoms with Gasteiger partial charge < -0.3 is 23.4 Å². The lowest BCUT2D eigenvalue weighted by atomic mass is 9.73. The molecule has 0 aromatic heterocycles. The SMILES string of the molecule is C=C[C@@H]1O[C@H]2[C@H](OCO[C@@H]2CO[Si](c2ccccc2)(c2ccccc2)C(C)(C)C)[C@@H](OC)C1(C)C. The van der Waals surface area contributed by atoms with Crippen LogP contribution in [-0.4, -0.2) is 59.3 Å². The summed E-state index contributed by atoms with van der Waals surface area (Å²) in [5, 5.41) is 2.37. The Morgan fingerprint density at radius 3 is 2.03 bits per heavy atom. The molecule has 2 fully saturated rings. The van der Waals surface area contributed by atoms with Crippen LogP contribution in [0.25, 0.3) is 0 Å². The number of fused-ring (bicyclic) bond motifs is 1. The lowest BCUT2D eigenvalue weighted by Gasteiger charge is -2.54. The van der Waals surface area contributed by atoms with Gasteiger partial charge in [-0.1, -0.05) is 101 Å². The Hall–Kier alpha value is -1.80. The largest absolute Gasteiger partial charge is 0.405 e. The molecule has 2 aliphatic heterocycles. The Morgan fingerprint density at radius 2 is 1.54 bits per heavy atom. The molecule has 5 atom stereocenters. The van der Waals surface area contributed by atoms with Gasteiger partial charge in [0.15, 0.2) is 0 Å². The summed E-state index contributed by atoms with van der Waals surface area (Å²) in [7, 11) is -0.959. The molecule has 0 unspecified atom stereocenters. The summed E-state index contributed by atoms with van der Waals surface area (Å²) < 4.78 is 31.9. The van der Waals surface area contributed by atoms with E-state index >= 15 is 0 Å². The van der Waals surface area contributed by atoms with Crippen LogP contribution in [-0.2, 0) is 23.4 Å². The molecule has 35 heavy (non-hydrogen) atoms. The monoisotopic (exact) mass is 496 g/mol. The van der Waals surface area contributed by atoms with Gasteiger partial charge >= 0.3 is 0 Å². The van der Waals surface area contributed by atoms with Crippen molar-refractivity contribution in [2.45, 2.75) is 70.2 Å². The summed E-state index contributed by atoms with van der Waals surface area (Å²) in [5.41, 5.74) is -0.279. The molecule has 0 amide bonds. The Bertz CT molecular complexity index is 932. The van der Waals surface area contributed by atoms with E-state index in [4.69, 9.17) is 23.4 Å². The van der Waals surface area contributed by atoms with Crippen molar-refractivity contribution in [1.29, 1.82) is 0 Å². The molecule has 2 aromatic rings. The molecular weight excluding hydrogens is 456 g/mol. The molecule has 4 rings (SSSR count). The summed E-state index contributed by atoms with van der Waals surface area (Å²) in [6, 6.07) is 21.3. The van der Waals surface area contributed by atoms with Gasteiger partial charge in [-0.3, -0.25) is 0 Å². The van der Waals surface area contributed by atoms with Crippen LogP contribution >= 0.6 is 0 Å². The predicted molar refractivity (Wildman–Crippen MR) is 142 cm³/mol. The van der Waals surface area contributed by atoms with E-state index in [-0.39, 0.29) is 47.8 Å². The molecule has 6 heteroatoms. The summed E-state index contributed by atoms with van der Waals surface area (Å²) >= 11 is 0. The van der Waals surface area contributed by atoms with Crippen LogP contribution in [0.3, 0.4) is 0 Å². The van der Waals surface area contributed by atoms with Gasteiger partial charge in [0.05, 0.1) is 18.8 Å². The van der Waals surface area contributed by atoms with E-state index in [9.17, 15) is 0 Å². The van der Waals surface area contributed by atoms with E-state index < -0.39 is 8.32 Å². The molecular formula is C29H40O5Si. The van der Waals surface area contributed by atoms with Crippen molar-refractivity contribution < 1.29 is 23.4 Å². The lowest BCUT2D eigenvalue weighted by Crippen LogP contribution is -2.69. The molecule has 0 aliphatic carbocycles. The van der Waals surface area contributed by atoms with Gasteiger partial charge in [0.1, 0.15) is 25.1 Å². The van der Waals surface area contributed by atoms with Crippen molar-refractivity contribution in [3.05, 3.63) is 73.3 Å². The third-order valence-electron chi connectivity index (χ3n) is 7.65. The third-order valence-corrected chi connectivity index (χ3v) is 12.7. The van der Waals surface area contributed by atoms with Gasteiger partial charge in [0.2, 0.25) is 0 Å². The molecule has 190 valence electrons. The van der Waals surface area contributed by atoms with Crippen LogP contribution < -0.4 is 10.4 Å². The van der Waals surface area contributed by atoms with Crippen molar-refractivity contribution in [1.82, 2.24) is 0 Å². The van der Waals surface area contributed by atoms with E-state index in [2.05, 4.69) is 102 Å². The number of hydrogen-bond donors (Lipinski definition) is 0. The molecule has 2 aromatic carbocycles. The van der Waals surface area contributed by atoms with Crippen molar-refractivity contribution in [3.63, 3.8) is 0 Å². The second-order valence-corrected chi connectivity index (χ2v) is 15.5. The fraction of sp³-hybridized carbons (Fsp3) is 0.517. The standard InChI is InChI=1S/C29H40O5Si/c1-8-24-29(5,6)27(30-7)26-25(34-24)23(31-20-32-26)19-33-35(28(2,3)4,21-15-11-9-12-16-21)22-17-13-10-14-18-22/h8-18,23-27H,1,19-20H2,2-7H3/t23-,24+,25-,26+,27-/m1/s1. The van der Waals surface area contributed by atoms with E-state index in [1.54, 1.807) is 7.11 Å². The van der Waals surface area contributed by atoms with E-state index in [0.29, 0.717) is 6.61 Å². The highest BCUT2D eigenvalue weighted by Gasteiger charge is 2.56. The topological polar surface area (TPSA) is 46.2 Å². The predicted octanol–water partition coefficient (Wildman–Crippen LogP) is 4.30. The summed E-state index contributed by atoms with van der Waals surface area (Å²) in [4.78, 5) is 0. The van der Waals surface area contributed by atoms with Crippen LogP contribution in [0.5, 0.6) is 0 Å². The zero-order valence-electron chi connectivity index (χ0n) is 21.9. The van der Waals surface area contributed by atoms with Crippen molar-refractivity contribution >= 4 is 18.7 Å². The normalized spacial score (nSPS) is 28.8.